The van der Waals surface area contributed by atoms with Crippen LogP contribution >= 0.6 is 11.6 Å². The average Bonchev–Trinajstić information content (AvgIpc) is 3.54. The summed E-state index contributed by atoms with van der Waals surface area (Å²) in [5.74, 6) is -0.437. The van der Waals surface area contributed by atoms with Gasteiger partial charge in [-0.05, 0) is 155 Å². The Kier molecular flexibility index (Phi) is 17.8. The molecule has 1 N–H and O–H groups in total. The van der Waals surface area contributed by atoms with Gasteiger partial charge in [-0.3, -0.25) is 24.5 Å². The number of nitriles is 1. The molecule has 66 heavy (non-hydrogen) atoms. The first-order chi connectivity index (χ1) is 31.8. The minimum atomic E-state index is -0.532. The number of amides is 2. The summed E-state index contributed by atoms with van der Waals surface area (Å²) in [4.78, 5) is 52.9. The highest BCUT2D eigenvalue weighted by Gasteiger charge is 2.30. The van der Waals surface area contributed by atoms with E-state index in [1.54, 1.807) is 36.4 Å². The Bertz CT molecular complexity index is 2430. The Balaban J connectivity index is 1.00. The fourth-order valence-corrected chi connectivity index (χ4v) is 10.0. The van der Waals surface area contributed by atoms with Crippen molar-refractivity contribution < 1.29 is 28.3 Å². The number of nitrogens with one attached hydrogen (secondary N) is 1. The maximum atomic E-state index is 15.7. The summed E-state index contributed by atoms with van der Waals surface area (Å²) in [6.45, 7) is 18.4. The monoisotopic (exact) mass is 911 g/mol. The Morgan fingerprint density at radius 3 is 2.41 bits per heavy atom. The molecule has 2 aromatic rings. The molecule has 346 valence electrons. The zero-order chi connectivity index (χ0) is 47.3. The first-order valence-electron chi connectivity index (χ1n) is 23.5. The van der Waals surface area contributed by atoms with Crippen molar-refractivity contribution in [3.05, 3.63) is 154 Å². The highest BCUT2D eigenvalue weighted by atomic mass is 35.5. The van der Waals surface area contributed by atoms with Gasteiger partial charge in [-0.15, -0.1) is 0 Å². The molecule has 2 aromatic carbocycles. The fourth-order valence-electron chi connectivity index (χ4n) is 9.79. The van der Waals surface area contributed by atoms with Crippen molar-refractivity contribution in [1.82, 2.24) is 10.2 Å². The number of ether oxygens (including phenoxy) is 1. The molecule has 2 aliphatic carbocycles. The zero-order valence-electron chi connectivity index (χ0n) is 38.6. The summed E-state index contributed by atoms with van der Waals surface area (Å²) >= 11 is 6.19. The summed E-state index contributed by atoms with van der Waals surface area (Å²) in [5, 5.41) is 11.9. The average molecular weight is 913 g/mol. The number of imide groups is 1. The third-order valence-electron chi connectivity index (χ3n) is 13.6. The van der Waals surface area contributed by atoms with Crippen molar-refractivity contribution >= 4 is 40.6 Å². The van der Waals surface area contributed by atoms with Crippen LogP contribution < -0.4 is 10.1 Å². The normalized spacial score (nSPS) is 22.3. The molecule has 0 bridgehead atoms. The number of carbonyl (C=O) groups excluding carboxylic acids is 4. The maximum Gasteiger partial charge on any atom is 0.233 e. The molecule has 4 aliphatic rings. The molecular weight excluding hydrogens is 849 g/mol. The zero-order valence-corrected chi connectivity index (χ0v) is 39.3. The molecule has 2 amide bonds. The molecule has 0 spiro atoms. The molecule has 3 fully saturated rings. The Morgan fingerprint density at radius 1 is 1.00 bits per heavy atom. The van der Waals surface area contributed by atoms with Crippen LogP contribution in [0.25, 0.3) is 5.57 Å². The highest BCUT2D eigenvalue weighted by molar-refractivity contribution is 6.31. The van der Waals surface area contributed by atoms with Gasteiger partial charge in [-0.25, -0.2) is 4.39 Å². The quantitative estimate of drug-likeness (QED) is 0.0552. The Labute approximate surface area is 395 Å². The second kappa shape index (κ2) is 23.7. The minimum Gasteiger partial charge on any atom is -0.490 e. The lowest BCUT2D eigenvalue weighted by atomic mass is 9.84. The van der Waals surface area contributed by atoms with Gasteiger partial charge in [0.25, 0.3) is 0 Å². The van der Waals surface area contributed by atoms with Crippen LogP contribution in [-0.4, -0.2) is 54.0 Å². The molecule has 1 atom stereocenters. The fraction of sp³-hybridized carbons (Fsp3) is 0.411. The number of halogens is 2. The van der Waals surface area contributed by atoms with Gasteiger partial charge in [0.15, 0.2) is 11.6 Å². The van der Waals surface area contributed by atoms with E-state index >= 15 is 4.39 Å². The van der Waals surface area contributed by atoms with Crippen molar-refractivity contribution in [2.24, 2.45) is 17.8 Å². The number of hydrogen-bond acceptors (Lipinski definition) is 7. The number of Topliss-reactive ketones (excluding diaryl/α,β-unsaturated/α-hetero) is 1. The molecule has 1 saturated heterocycles. The summed E-state index contributed by atoms with van der Waals surface area (Å²) in [6.07, 6.45) is 24.4. The number of ketones is 2. The molecule has 6 rings (SSSR count). The third kappa shape index (κ3) is 13.2. The number of benzene rings is 2. The number of rotatable bonds is 17. The van der Waals surface area contributed by atoms with Gasteiger partial charge < -0.3 is 9.64 Å². The summed E-state index contributed by atoms with van der Waals surface area (Å²) in [7, 11) is 0. The van der Waals surface area contributed by atoms with E-state index in [1.807, 2.05) is 12.2 Å². The molecule has 2 aliphatic heterocycles. The lowest BCUT2D eigenvalue weighted by Crippen LogP contribution is -2.41. The van der Waals surface area contributed by atoms with Gasteiger partial charge in [0.1, 0.15) is 17.6 Å². The molecule has 2 heterocycles. The number of carbonyl (C=O) groups is 4. The van der Waals surface area contributed by atoms with E-state index in [1.165, 1.54) is 18.6 Å². The van der Waals surface area contributed by atoms with Gasteiger partial charge in [-0.2, -0.15) is 5.26 Å². The van der Waals surface area contributed by atoms with E-state index in [2.05, 4.69) is 61.2 Å². The van der Waals surface area contributed by atoms with E-state index in [0.29, 0.717) is 63.8 Å². The van der Waals surface area contributed by atoms with Crippen LogP contribution in [-0.2, 0) is 20.8 Å². The first kappa shape index (κ1) is 49.7. The second-order valence-electron chi connectivity index (χ2n) is 18.2. The van der Waals surface area contributed by atoms with Gasteiger partial charge in [0.05, 0.1) is 22.6 Å². The SMILES string of the molecule is C=C/C(C=C1CCC(CN2CCC=C(c3cc(CC(=C)C4CCC(=O)NC4=O)c(C(C)=O)cc3F)CC2)CC1)=C\C(CC)=C(/C=C)C(=O)/C=C/[C@H]1CC[C@H](Oc2ccc(C#N)c(Cl)c2)CC1. The largest absolute Gasteiger partial charge is 0.490 e. The van der Waals surface area contributed by atoms with Crippen molar-refractivity contribution in [3.8, 4) is 11.8 Å². The number of allylic oxidation sites excluding steroid dienone is 10. The Morgan fingerprint density at radius 2 is 1.76 bits per heavy atom. The Hall–Kier alpha value is -5.69. The van der Waals surface area contributed by atoms with Gasteiger partial charge in [0, 0.05) is 48.8 Å². The molecule has 0 aromatic heterocycles. The van der Waals surface area contributed by atoms with Crippen molar-refractivity contribution in [2.45, 2.75) is 110 Å². The third-order valence-corrected chi connectivity index (χ3v) is 13.9. The molecule has 10 heteroatoms. The molecule has 1 unspecified atom stereocenters. The lowest BCUT2D eigenvalue weighted by Gasteiger charge is -2.30. The predicted molar refractivity (Wildman–Crippen MR) is 261 cm³/mol. The first-order valence-corrected chi connectivity index (χ1v) is 23.9. The van der Waals surface area contributed by atoms with E-state index in [9.17, 15) is 19.2 Å². The van der Waals surface area contributed by atoms with Crippen LogP contribution in [0, 0.1) is 34.9 Å². The van der Waals surface area contributed by atoms with Crippen LogP contribution in [0.4, 0.5) is 4.39 Å². The molecular formula is C56H63ClFN3O5. The smallest absolute Gasteiger partial charge is 0.233 e. The number of nitrogens with zero attached hydrogens (tertiary/aromatic N) is 2. The molecule has 0 radical (unpaired) electrons. The van der Waals surface area contributed by atoms with Gasteiger partial charge in [-0.1, -0.05) is 85.9 Å². The van der Waals surface area contributed by atoms with Crippen LogP contribution in [0.2, 0.25) is 5.02 Å². The number of hydrogen-bond donors (Lipinski definition) is 1. The van der Waals surface area contributed by atoms with Gasteiger partial charge in [0.2, 0.25) is 11.8 Å². The van der Waals surface area contributed by atoms with E-state index < -0.39 is 11.7 Å². The van der Waals surface area contributed by atoms with Crippen LogP contribution in [0.1, 0.15) is 124 Å². The molecule has 2 saturated carbocycles. The van der Waals surface area contributed by atoms with Crippen LogP contribution in [0.3, 0.4) is 0 Å². The van der Waals surface area contributed by atoms with E-state index in [0.717, 1.165) is 94.1 Å². The van der Waals surface area contributed by atoms with Crippen molar-refractivity contribution in [3.63, 3.8) is 0 Å². The summed E-state index contributed by atoms with van der Waals surface area (Å²) < 4.78 is 21.9. The van der Waals surface area contributed by atoms with Gasteiger partial charge >= 0.3 is 0 Å². The van der Waals surface area contributed by atoms with Crippen molar-refractivity contribution in [2.75, 3.05) is 19.6 Å². The summed E-state index contributed by atoms with van der Waals surface area (Å²) in [6, 6.07) is 10.3. The maximum absolute atomic E-state index is 15.7. The number of piperidine rings is 1. The lowest BCUT2D eigenvalue weighted by molar-refractivity contribution is -0.135. The second-order valence-corrected chi connectivity index (χ2v) is 18.6. The van der Waals surface area contributed by atoms with Crippen molar-refractivity contribution in [1.29, 1.82) is 5.26 Å². The van der Waals surface area contributed by atoms with Crippen LogP contribution in [0.15, 0.2) is 120 Å². The minimum absolute atomic E-state index is 0.0507. The van der Waals surface area contributed by atoms with E-state index in [-0.39, 0.29) is 53.8 Å². The predicted octanol–water partition coefficient (Wildman–Crippen LogP) is 12.1. The molecule has 8 nitrogen and oxygen atoms in total. The van der Waals surface area contributed by atoms with Crippen LogP contribution in [0.5, 0.6) is 5.75 Å². The highest BCUT2D eigenvalue weighted by Crippen LogP contribution is 2.35. The van der Waals surface area contributed by atoms with E-state index in [4.69, 9.17) is 21.6 Å². The summed E-state index contributed by atoms with van der Waals surface area (Å²) in [5.41, 5.74) is 7.27. The topological polar surface area (TPSA) is 117 Å². The standard InChI is InChI=1S/C56H63ClFN3O5/c1-6-38(30-42(7-2)48(8-3)54(63)23-17-39-15-19-46(20-16-39)66-47-21-18-44(34-59)52(57)32-47)29-40-11-13-41(14-12-40)35-61-26-9-10-43(25-27-61)51-31-45(50(37(5)62)33-53(51)58)28-36(4)49-22-24-55(64)60-56(49)65/h6,8,10,17-18,21,23,29-33,39,41,46,49H,1,3-4,7,9,11-16,19-20,22,24-28,35H2,2,5H3,(H,60,64,65)/b23-17+,38-30+,40-29?,48-42+/t39-,41?,46-,49?.